The standard InChI is InChI=1S/2C7H6O2.Zn/c2*8-7(9)6-4-2-1-3-5-6;/h2*1-5H,(H,8,9);. The zero-order valence-electron chi connectivity index (χ0n) is 10.2. The topological polar surface area (TPSA) is 74.6 Å². The number of rotatable bonds is 2. The largest absolute Gasteiger partial charge is 0.478 e. The first kappa shape index (κ1) is 17.0. The Labute approximate surface area is 123 Å². The van der Waals surface area contributed by atoms with Crippen molar-refractivity contribution >= 4 is 11.9 Å². The molecule has 0 saturated heterocycles. The Hall–Kier alpha value is -2.00. The van der Waals surface area contributed by atoms with Gasteiger partial charge in [0.2, 0.25) is 0 Å². The van der Waals surface area contributed by atoms with E-state index in [1.54, 1.807) is 60.7 Å². The van der Waals surface area contributed by atoms with Gasteiger partial charge in [-0.25, -0.2) is 9.59 Å². The molecule has 0 aliphatic heterocycles. The summed E-state index contributed by atoms with van der Waals surface area (Å²) in [5, 5.41) is 16.8. The molecule has 0 spiro atoms. The fraction of sp³-hybridized carbons (Fsp3) is 0. The number of carboxylic acid groups (broad SMARTS) is 2. The molecule has 4 nitrogen and oxygen atoms in total. The van der Waals surface area contributed by atoms with E-state index in [1.165, 1.54) is 0 Å². The third-order valence-corrected chi connectivity index (χ3v) is 2.04. The Morgan fingerprint density at radius 2 is 0.895 bits per heavy atom. The van der Waals surface area contributed by atoms with Crippen molar-refractivity contribution in [2.24, 2.45) is 0 Å². The van der Waals surface area contributed by atoms with Crippen molar-refractivity contribution in [1.29, 1.82) is 0 Å². The molecule has 0 atom stereocenters. The van der Waals surface area contributed by atoms with Gasteiger partial charge in [0, 0.05) is 19.5 Å². The minimum atomic E-state index is -0.879. The van der Waals surface area contributed by atoms with Crippen LogP contribution in [0.15, 0.2) is 60.7 Å². The van der Waals surface area contributed by atoms with Crippen LogP contribution in [0.2, 0.25) is 0 Å². The summed E-state index contributed by atoms with van der Waals surface area (Å²) in [7, 11) is 0. The molecule has 5 heteroatoms. The Balaban J connectivity index is 0.000000324. The van der Waals surface area contributed by atoms with E-state index in [-0.39, 0.29) is 19.5 Å². The van der Waals surface area contributed by atoms with Crippen molar-refractivity contribution in [1.82, 2.24) is 0 Å². The monoisotopic (exact) mass is 308 g/mol. The number of carbonyl (C=O) groups is 2. The van der Waals surface area contributed by atoms with Gasteiger partial charge in [-0.1, -0.05) is 36.4 Å². The smallest absolute Gasteiger partial charge is 0.335 e. The van der Waals surface area contributed by atoms with Crippen LogP contribution >= 0.6 is 0 Å². The second kappa shape index (κ2) is 9.00. The number of benzene rings is 2. The van der Waals surface area contributed by atoms with Crippen molar-refractivity contribution in [2.45, 2.75) is 0 Å². The van der Waals surface area contributed by atoms with E-state index in [1.807, 2.05) is 0 Å². The van der Waals surface area contributed by atoms with Gasteiger partial charge in [-0.05, 0) is 24.3 Å². The molecule has 0 bridgehead atoms. The molecule has 0 amide bonds. The van der Waals surface area contributed by atoms with Gasteiger partial charge in [-0.2, -0.15) is 0 Å². The second-order valence-corrected chi connectivity index (χ2v) is 3.34. The summed E-state index contributed by atoms with van der Waals surface area (Å²) in [6.45, 7) is 0. The molecule has 94 valence electrons. The molecule has 0 aliphatic carbocycles. The molecule has 0 radical (unpaired) electrons. The van der Waals surface area contributed by atoms with Crippen LogP contribution in [0.1, 0.15) is 20.7 Å². The molecule has 19 heavy (non-hydrogen) atoms. The molecular formula is C14H12O4Zn. The molecule has 2 rings (SSSR count). The van der Waals surface area contributed by atoms with Crippen molar-refractivity contribution in [3.05, 3.63) is 71.8 Å². The maximum Gasteiger partial charge on any atom is 0.335 e. The van der Waals surface area contributed by atoms with Gasteiger partial charge in [0.05, 0.1) is 11.1 Å². The predicted molar refractivity (Wildman–Crippen MR) is 66.8 cm³/mol. The van der Waals surface area contributed by atoms with Crippen LogP contribution in [-0.4, -0.2) is 22.2 Å². The summed E-state index contributed by atoms with van der Waals surface area (Å²) < 4.78 is 0. The fourth-order valence-electron chi connectivity index (χ4n) is 1.16. The summed E-state index contributed by atoms with van der Waals surface area (Å²) in [4.78, 5) is 20.4. The van der Waals surface area contributed by atoms with E-state index in [0.717, 1.165) is 0 Å². The minimum Gasteiger partial charge on any atom is -0.478 e. The zero-order valence-corrected chi connectivity index (χ0v) is 13.2. The molecule has 2 aromatic rings. The Morgan fingerprint density at radius 3 is 1.05 bits per heavy atom. The van der Waals surface area contributed by atoms with Crippen LogP contribution in [0.5, 0.6) is 0 Å². The molecule has 0 heterocycles. The van der Waals surface area contributed by atoms with Crippen molar-refractivity contribution in [3.63, 3.8) is 0 Å². The maximum absolute atomic E-state index is 10.2. The number of hydrogen-bond acceptors (Lipinski definition) is 2. The van der Waals surface area contributed by atoms with E-state index < -0.39 is 11.9 Å². The Bertz CT molecular complexity index is 462. The van der Waals surface area contributed by atoms with Gasteiger partial charge < -0.3 is 10.2 Å². The van der Waals surface area contributed by atoms with Gasteiger partial charge in [0.25, 0.3) is 0 Å². The number of hydrogen-bond donors (Lipinski definition) is 2. The zero-order chi connectivity index (χ0) is 13.4. The normalized spacial score (nSPS) is 8.42. The molecule has 0 aromatic heterocycles. The molecule has 2 N–H and O–H groups in total. The molecule has 0 aliphatic rings. The van der Waals surface area contributed by atoms with Gasteiger partial charge in [-0.15, -0.1) is 0 Å². The number of aromatic carboxylic acids is 2. The third kappa shape index (κ3) is 6.48. The second-order valence-electron chi connectivity index (χ2n) is 3.34. The molecule has 2 aromatic carbocycles. The minimum absolute atomic E-state index is 0. The van der Waals surface area contributed by atoms with Crippen LogP contribution < -0.4 is 0 Å². The predicted octanol–water partition coefficient (Wildman–Crippen LogP) is 2.77. The fourth-order valence-corrected chi connectivity index (χ4v) is 1.16. The molecule has 0 unspecified atom stereocenters. The Morgan fingerprint density at radius 1 is 0.632 bits per heavy atom. The first-order valence-corrected chi connectivity index (χ1v) is 5.18. The first-order chi connectivity index (χ1) is 8.61. The van der Waals surface area contributed by atoms with Gasteiger partial charge >= 0.3 is 11.9 Å². The third-order valence-electron chi connectivity index (χ3n) is 2.04. The molecule has 0 fully saturated rings. The SMILES string of the molecule is O=C(O)c1ccccc1.O=C(O)c1ccccc1.[Zn]. The van der Waals surface area contributed by atoms with Crippen LogP contribution in [-0.2, 0) is 19.5 Å². The van der Waals surface area contributed by atoms with E-state index >= 15 is 0 Å². The van der Waals surface area contributed by atoms with Crippen LogP contribution in [0.3, 0.4) is 0 Å². The van der Waals surface area contributed by atoms with Crippen LogP contribution in [0.4, 0.5) is 0 Å². The first-order valence-electron chi connectivity index (χ1n) is 5.18. The van der Waals surface area contributed by atoms with Crippen LogP contribution in [0.25, 0.3) is 0 Å². The van der Waals surface area contributed by atoms with Crippen molar-refractivity contribution in [3.8, 4) is 0 Å². The summed E-state index contributed by atoms with van der Waals surface area (Å²) in [6, 6.07) is 16.6. The summed E-state index contributed by atoms with van der Waals surface area (Å²) in [6.07, 6.45) is 0. The number of carboxylic acids is 2. The van der Waals surface area contributed by atoms with Gasteiger partial charge in [-0.3, -0.25) is 0 Å². The van der Waals surface area contributed by atoms with Gasteiger partial charge in [0.15, 0.2) is 0 Å². The summed E-state index contributed by atoms with van der Waals surface area (Å²) in [5.74, 6) is -1.76. The summed E-state index contributed by atoms with van der Waals surface area (Å²) >= 11 is 0. The van der Waals surface area contributed by atoms with E-state index in [0.29, 0.717) is 11.1 Å². The van der Waals surface area contributed by atoms with Gasteiger partial charge in [0.1, 0.15) is 0 Å². The quantitative estimate of drug-likeness (QED) is 0.837. The van der Waals surface area contributed by atoms with E-state index in [9.17, 15) is 9.59 Å². The molecular weight excluding hydrogens is 298 g/mol. The average Bonchev–Trinajstić information content (AvgIpc) is 2.41. The van der Waals surface area contributed by atoms with Crippen molar-refractivity contribution < 1.29 is 39.3 Å². The average molecular weight is 310 g/mol. The van der Waals surface area contributed by atoms with E-state index in [4.69, 9.17) is 10.2 Å². The Kier molecular flexibility index (Phi) is 8.06. The maximum atomic E-state index is 10.2. The summed E-state index contributed by atoms with van der Waals surface area (Å²) in [5.41, 5.74) is 0.662. The van der Waals surface area contributed by atoms with E-state index in [2.05, 4.69) is 0 Å². The van der Waals surface area contributed by atoms with Crippen LogP contribution in [0, 0.1) is 0 Å². The van der Waals surface area contributed by atoms with Crippen molar-refractivity contribution in [2.75, 3.05) is 0 Å². The molecule has 0 saturated carbocycles.